The van der Waals surface area contributed by atoms with Crippen LogP contribution in [0.5, 0.6) is 5.75 Å². The summed E-state index contributed by atoms with van der Waals surface area (Å²) in [4.78, 5) is 19.0. The number of hydrogen-bond acceptors (Lipinski definition) is 8. The van der Waals surface area contributed by atoms with Crippen molar-refractivity contribution in [2.24, 2.45) is 0 Å². The van der Waals surface area contributed by atoms with E-state index in [1.807, 2.05) is 24.3 Å². The highest BCUT2D eigenvalue weighted by Crippen LogP contribution is 2.26. The lowest BCUT2D eigenvalue weighted by molar-refractivity contribution is 0.252. The fraction of sp³-hybridized carbons (Fsp3) is 0.625. The minimum atomic E-state index is 0.417. The number of aromatic nitrogens is 3. The second-order valence-electron chi connectivity index (χ2n) is 9.17. The molecule has 2 aliphatic rings. The van der Waals surface area contributed by atoms with Gasteiger partial charge in [-0.1, -0.05) is 31.7 Å². The number of likely N-dealkylation sites (tertiary alicyclic amines) is 1. The first-order valence-electron chi connectivity index (χ1n) is 12.1. The van der Waals surface area contributed by atoms with Crippen molar-refractivity contribution in [2.75, 3.05) is 48.2 Å². The van der Waals surface area contributed by atoms with E-state index in [9.17, 15) is 0 Å². The smallest absolute Gasteiger partial charge is 0.233 e. The lowest BCUT2D eigenvalue weighted by atomic mass is 10.0. The first-order chi connectivity index (χ1) is 16.1. The van der Waals surface area contributed by atoms with Crippen molar-refractivity contribution < 1.29 is 4.74 Å². The summed E-state index contributed by atoms with van der Waals surface area (Å²) in [6.07, 6.45) is 9.71. The molecule has 1 aromatic heterocycles. The number of nitrogens with zero attached hydrogens (tertiary/aromatic N) is 5. The van der Waals surface area contributed by atoms with Gasteiger partial charge in [0.2, 0.25) is 17.8 Å². The zero-order chi connectivity index (χ0) is 23.0. The standard InChI is InChI=1S/C24H36BrN7O/c1-31-14-12-20(13-15-31)32(2)24-29-22(26-18-8-5-3-4-6-9-18)28-23(30-24)27-19-10-7-11-21(16-19)33-17-25/h7,10-11,16,18,20H,3-6,8-9,12-15,17H2,1-2H3,(H2,26,27,28,29,30). The molecule has 0 atom stereocenters. The Labute approximate surface area is 205 Å². The summed E-state index contributed by atoms with van der Waals surface area (Å²) < 4.78 is 5.57. The fourth-order valence-corrected chi connectivity index (χ4v) is 4.91. The van der Waals surface area contributed by atoms with E-state index >= 15 is 0 Å². The maximum Gasteiger partial charge on any atom is 0.233 e. The molecule has 9 heteroatoms. The number of rotatable bonds is 8. The Morgan fingerprint density at radius 1 is 1.03 bits per heavy atom. The van der Waals surface area contributed by atoms with Crippen molar-refractivity contribution in [3.63, 3.8) is 0 Å². The van der Waals surface area contributed by atoms with E-state index in [0.29, 0.717) is 35.4 Å². The second kappa shape index (κ2) is 11.8. The maximum absolute atomic E-state index is 5.57. The molecule has 1 aromatic carbocycles. The largest absolute Gasteiger partial charge is 0.482 e. The number of ether oxygens (including phenoxy) is 1. The van der Waals surface area contributed by atoms with Gasteiger partial charge in [-0.15, -0.1) is 0 Å². The summed E-state index contributed by atoms with van der Waals surface area (Å²) in [7, 11) is 4.29. The van der Waals surface area contributed by atoms with Gasteiger partial charge in [-0.3, -0.25) is 0 Å². The van der Waals surface area contributed by atoms with E-state index in [4.69, 9.17) is 19.7 Å². The van der Waals surface area contributed by atoms with Crippen molar-refractivity contribution in [1.82, 2.24) is 19.9 Å². The summed E-state index contributed by atoms with van der Waals surface area (Å²) in [6, 6.07) is 8.67. The SMILES string of the molecule is CN1CCC(N(C)c2nc(Nc3cccc(OCBr)c3)nc(NC3CCCCCC3)n2)CC1. The van der Waals surface area contributed by atoms with Crippen LogP contribution in [0.1, 0.15) is 51.4 Å². The van der Waals surface area contributed by atoms with Gasteiger partial charge in [-0.25, -0.2) is 0 Å². The highest BCUT2D eigenvalue weighted by molar-refractivity contribution is 9.09. The van der Waals surface area contributed by atoms with Crippen LogP contribution in [0, 0.1) is 0 Å². The van der Waals surface area contributed by atoms with Crippen molar-refractivity contribution >= 4 is 39.5 Å². The van der Waals surface area contributed by atoms with Gasteiger partial charge in [0.05, 0.1) is 0 Å². The fourth-order valence-electron chi connectivity index (χ4n) is 4.65. The van der Waals surface area contributed by atoms with Crippen LogP contribution in [0.25, 0.3) is 0 Å². The van der Waals surface area contributed by atoms with E-state index < -0.39 is 0 Å². The molecule has 0 bridgehead atoms. The highest BCUT2D eigenvalue weighted by atomic mass is 79.9. The van der Waals surface area contributed by atoms with Crippen LogP contribution in [0.2, 0.25) is 0 Å². The van der Waals surface area contributed by atoms with Gasteiger partial charge in [-0.2, -0.15) is 15.0 Å². The number of anilines is 4. The Morgan fingerprint density at radius 3 is 2.48 bits per heavy atom. The molecule has 2 N–H and O–H groups in total. The summed E-state index contributed by atoms with van der Waals surface area (Å²) >= 11 is 3.31. The molecule has 180 valence electrons. The molecule has 0 unspecified atom stereocenters. The summed E-state index contributed by atoms with van der Waals surface area (Å²) in [5, 5.41) is 6.98. The van der Waals surface area contributed by atoms with Crippen LogP contribution in [-0.4, -0.2) is 64.6 Å². The van der Waals surface area contributed by atoms with Crippen LogP contribution in [0.3, 0.4) is 0 Å². The van der Waals surface area contributed by atoms with E-state index in [-0.39, 0.29) is 0 Å². The van der Waals surface area contributed by atoms with Gasteiger partial charge < -0.3 is 25.2 Å². The van der Waals surface area contributed by atoms with Crippen molar-refractivity contribution in [3.8, 4) is 5.75 Å². The molecule has 1 aliphatic heterocycles. The van der Waals surface area contributed by atoms with Crippen LogP contribution in [0.4, 0.5) is 23.5 Å². The summed E-state index contributed by atoms with van der Waals surface area (Å²) in [6.45, 7) is 2.19. The minimum Gasteiger partial charge on any atom is -0.482 e. The van der Waals surface area contributed by atoms with E-state index in [1.165, 1.54) is 38.5 Å². The quantitative estimate of drug-likeness (QED) is 0.373. The summed E-state index contributed by atoms with van der Waals surface area (Å²) in [5.41, 5.74) is 1.33. The van der Waals surface area contributed by atoms with Gasteiger partial charge >= 0.3 is 0 Å². The van der Waals surface area contributed by atoms with Crippen LogP contribution < -0.4 is 20.3 Å². The molecule has 1 aliphatic carbocycles. The third kappa shape index (κ3) is 6.93. The molecule has 0 amide bonds. The Morgan fingerprint density at radius 2 is 1.76 bits per heavy atom. The molecule has 1 saturated heterocycles. The number of nitrogens with one attached hydrogen (secondary N) is 2. The third-order valence-corrected chi connectivity index (χ3v) is 6.90. The molecule has 1 saturated carbocycles. The van der Waals surface area contributed by atoms with Gasteiger partial charge in [0, 0.05) is 30.9 Å². The minimum absolute atomic E-state index is 0.417. The number of halogens is 1. The molecule has 0 radical (unpaired) electrons. The van der Waals surface area contributed by atoms with E-state index in [2.05, 4.69) is 50.5 Å². The van der Waals surface area contributed by atoms with Gasteiger partial charge in [0.1, 0.15) is 11.3 Å². The van der Waals surface area contributed by atoms with Gasteiger partial charge in [0.15, 0.2) is 0 Å². The average Bonchev–Trinajstić information content (AvgIpc) is 3.08. The molecule has 8 nitrogen and oxygen atoms in total. The van der Waals surface area contributed by atoms with Crippen LogP contribution in [-0.2, 0) is 0 Å². The lowest BCUT2D eigenvalue weighted by Gasteiger charge is -2.35. The van der Waals surface area contributed by atoms with Crippen LogP contribution in [0.15, 0.2) is 24.3 Å². The first kappa shape index (κ1) is 24.0. The predicted molar refractivity (Wildman–Crippen MR) is 138 cm³/mol. The van der Waals surface area contributed by atoms with Gasteiger partial charge in [0.25, 0.3) is 0 Å². The maximum atomic E-state index is 5.57. The average molecular weight is 519 g/mol. The number of alkyl halides is 1. The Hall–Kier alpha value is -2.13. The van der Waals surface area contributed by atoms with Gasteiger partial charge in [-0.05, 0) is 73.9 Å². The predicted octanol–water partition coefficient (Wildman–Crippen LogP) is 5.01. The zero-order valence-corrected chi connectivity index (χ0v) is 21.4. The second-order valence-corrected chi connectivity index (χ2v) is 9.62. The van der Waals surface area contributed by atoms with Crippen molar-refractivity contribution in [2.45, 2.75) is 63.5 Å². The normalized spacial score (nSPS) is 18.5. The Balaban J connectivity index is 1.57. The first-order valence-corrected chi connectivity index (χ1v) is 13.2. The highest BCUT2D eigenvalue weighted by Gasteiger charge is 2.24. The Bertz CT molecular complexity index is 883. The zero-order valence-electron chi connectivity index (χ0n) is 19.8. The molecule has 2 heterocycles. The molecule has 33 heavy (non-hydrogen) atoms. The number of hydrogen-bond donors (Lipinski definition) is 2. The molecule has 4 rings (SSSR count). The third-order valence-electron chi connectivity index (χ3n) is 6.67. The molecule has 0 spiro atoms. The van der Waals surface area contributed by atoms with E-state index in [0.717, 1.165) is 37.4 Å². The Kier molecular flexibility index (Phi) is 8.61. The number of piperidine rings is 1. The topological polar surface area (TPSA) is 78.4 Å². The molecular formula is C24H36BrN7O. The number of benzene rings is 1. The lowest BCUT2D eigenvalue weighted by Crippen LogP contribution is -2.42. The van der Waals surface area contributed by atoms with Crippen LogP contribution >= 0.6 is 15.9 Å². The molecule has 2 aromatic rings. The van der Waals surface area contributed by atoms with Crippen molar-refractivity contribution in [3.05, 3.63) is 24.3 Å². The molecule has 2 fully saturated rings. The van der Waals surface area contributed by atoms with E-state index in [1.54, 1.807) is 0 Å². The van der Waals surface area contributed by atoms with Crippen molar-refractivity contribution in [1.29, 1.82) is 0 Å². The summed E-state index contributed by atoms with van der Waals surface area (Å²) in [5.74, 6) is 2.70. The monoisotopic (exact) mass is 517 g/mol. The molecular weight excluding hydrogens is 482 g/mol.